The summed E-state index contributed by atoms with van der Waals surface area (Å²) in [7, 11) is 0. The number of benzene rings is 2. The molecule has 1 atom stereocenters. The van der Waals surface area contributed by atoms with Crippen molar-refractivity contribution in [2.45, 2.75) is 19.3 Å². The number of primary amides is 1. The Morgan fingerprint density at radius 3 is 2.69 bits per heavy atom. The van der Waals surface area contributed by atoms with Crippen LogP contribution in [0.15, 0.2) is 46.9 Å². The number of carbonyl (C=O) groups is 2. The smallest absolute Gasteiger partial charge is 0.273 e. The van der Waals surface area contributed by atoms with Gasteiger partial charge in [0.1, 0.15) is 5.82 Å². The summed E-state index contributed by atoms with van der Waals surface area (Å²) < 4.78 is 19.8. The Labute approximate surface area is 189 Å². The molecule has 0 spiro atoms. The summed E-state index contributed by atoms with van der Waals surface area (Å²) in [5.74, 6) is -1.26. The SMILES string of the molecule is NC(=O)c1nc(-c2c(F)cccc2Cl)oc1Nc1ccc(C(=O)C[C@@H]2CCCNC2)cc1. The highest BCUT2D eigenvalue weighted by molar-refractivity contribution is 6.33. The van der Waals surface area contributed by atoms with Crippen molar-refractivity contribution >= 4 is 34.9 Å². The van der Waals surface area contributed by atoms with Gasteiger partial charge in [0.25, 0.3) is 5.91 Å². The molecular formula is C23H22ClFN4O3. The number of nitrogens with one attached hydrogen (secondary N) is 2. The average molecular weight is 457 g/mol. The third-order valence-corrected chi connectivity index (χ3v) is 5.69. The Hall–Kier alpha value is -3.23. The van der Waals surface area contributed by atoms with Gasteiger partial charge < -0.3 is 20.8 Å². The number of aromatic nitrogens is 1. The molecular weight excluding hydrogens is 435 g/mol. The minimum atomic E-state index is -0.845. The molecule has 1 fully saturated rings. The quantitative estimate of drug-likeness (QED) is 0.450. The molecule has 0 bridgehead atoms. The zero-order valence-corrected chi connectivity index (χ0v) is 17.9. The van der Waals surface area contributed by atoms with Crippen molar-refractivity contribution in [1.82, 2.24) is 10.3 Å². The first-order valence-corrected chi connectivity index (χ1v) is 10.7. The van der Waals surface area contributed by atoms with Crippen LogP contribution in [0, 0.1) is 11.7 Å². The molecule has 1 aliphatic heterocycles. The van der Waals surface area contributed by atoms with Crippen molar-refractivity contribution in [1.29, 1.82) is 0 Å². The second-order valence-electron chi connectivity index (χ2n) is 7.70. The first-order chi connectivity index (χ1) is 15.4. The summed E-state index contributed by atoms with van der Waals surface area (Å²) in [5, 5.41) is 6.32. The molecule has 1 aliphatic rings. The Morgan fingerprint density at radius 1 is 1.25 bits per heavy atom. The highest BCUT2D eigenvalue weighted by atomic mass is 35.5. The molecule has 4 N–H and O–H groups in total. The third-order valence-electron chi connectivity index (χ3n) is 5.37. The van der Waals surface area contributed by atoms with Crippen LogP contribution in [0.5, 0.6) is 0 Å². The predicted octanol–water partition coefficient (Wildman–Crippen LogP) is 4.55. The Kier molecular flexibility index (Phi) is 6.53. The van der Waals surface area contributed by atoms with Crippen LogP contribution in [0.2, 0.25) is 5.02 Å². The molecule has 2 aromatic carbocycles. The van der Waals surface area contributed by atoms with Gasteiger partial charge in [0.05, 0.1) is 10.6 Å². The monoisotopic (exact) mass is 456 g/mol. The molecule has 0 saturated carbocycles. The molecule has 0 aliphatic carbocycles. The van der Waals surface area contributed by atoms with E-state index in [1.165, 1.54) is 18.2 Å². The normalized spacial score (nSPS) is 16.0. The number of hydrogen-bond acceptors (Lipinski definition) is 6. The number of piperidine rings is 1. The van der Waals surface area contributed by atoms with Gasteiger partial charge in [0.15, 0.2) is 11.5 Å². The highest BCUT2D eigenvalue weighted by Crippen LogP contribution is 2.34. The summed E-state index contributed by atoms with van der Waals surface area (Å²) in [6.45, 7) is 1.87. The fraction of sp³-hybridized carbons (Fsp3) is 0.261. The van der Waals surface area contributed by atoms with Crippen LogP contribution in [0.1, 0.15) is 40.1 Å². The maximum atomic E-state index is 14.2. The van der Waals surface area contributed by atoms with Gasteiger partial charge in [0.2, 0.25) is 11.8 Å². The van der Waals surface area contributed by atoms with Crippen molar-refractivity contribution in [2.24, 2.45) is 11.7 Å². The summed E-state index contributed by atoms with van der Waals surface area (Å²) in [5.41, 5.74) is 6.30. The Morgan fingerprint density at radius 2 is 2.03 bits per heavy atom. The van der Waals surface area contributed by atoms with E-state index in [2.05, 4.69) is 15.6 Å². The minimum Gasteiger partial charge on any atom is -0.419 e. The number of nitrogens with two attached hydrogens (primary N) is 1. The zero-order valence-electron chi connectivity index (χ0n) is 17.2. The average Bonchev–Trinajstić information content (AvgIpc) is 3.18. The van der Waals surface area contributed by atoms with E-state index in [1.807, 2.05) is 0 Å². The first kappa shape index (κ1) is 22.0. The van der Waals surface area contributed by atoms with Crippen LogP contribution in [-0.4, -0.2) is 29.8 Å². The lowest BCUT2D eigenvalue weighted by Crippen LogP contribution is -2.31. The topological polar surface area (TPSA) is 110 Å². The van der Waals surface area contributed by atoms with E-state index >= 15 is 0 Å². The Bertz CT molecular complexity index is 1120. The predicted molar refractivity (Wildman–Crippen MR) is 120 cm³/mol. The molecule has 32 heavy (non-hydrogen) atoms. The number of oxazole rings is 1. The number of rotatable bonds is 7. The van der Waals surface area contributed by atoms with Crippen molar-refractivity contribution in [2.75, 3.05) is 18.4 Å². The van der Waals surface area contributed by atoms with Crippen LogP contribution in [0.4, 0.5) is 16.0 Å². The van der Waals surface area contributed by atoms with Crippen LogP contribution in [0.3, 0.4) is 0 Å². The van der Waals surface area contributed by atoms with E-state index < -0.39 is 11.7 Å². The van der Waals surface area contributed by atoms with Crippen molar-refractivity contribution in [3.8, 4) is 11.5 Å². The summed E-state index contributed by atoms with van der Waals surface area (Å²) >= 11 is 6.07. The fourth-order valence-electron chi connectivity index (χ4n) is 3.73. The third kappa shape index (κ3) is 4.81. The minimum absolute atomic E-state index is 0.0424. The number of hydrogen-bond donors (Lipinski definition) is 3. The summed E-state index contributed by atoms with van der Waals surface area (Å²) in [4.78, 5) is 28.4. The van der Waals surface area contributed by atoms with Gasteiger partial charge in [-0.3, -0.25) is 9.59 Å². The van der Waals surface area contributed by atoms with Gasteiger partial charge in [-0.1, -0.05) is 17.7 Å². The van der Waals surface area contributed by atoms with Crippen molar-refractivity contribution < 1.29 is 18.4 Å². The highest BCUT2D eigenvalue weighted by Gasteiger charge is 2.23. The second kappa shape index (κ2) is 9.50. The van der Waals surface area contributed by atoms with E-state index in [9.17, 15) is 14.0 Å². The van der Waals surface area contributed by atoms with Gasteiger partial charge in [0, 0.05) is 17.7 Å². The zero-order chi connectivity index (χ0) is 22.7. The Balaban J connectivity index is 1.53. The first-order valence-electron chi connectivity index (χ1n) is 10.3. The number of carbonyl (C=O) groups excluding carboxylic acids is 2. The number of nitrogens with zero attached hydrogens (tertiary/aromatic N) is 1. The van der Waals surface area contributed by atoms with E-state index in [0.29, 0.717) is 23.6 Å². The van der Waals surface area contributed by atoms with Gasteiger partial charge >= 0.3 is 0 Å². The molecule has 1 saturated heterocycles. The van der Waals surface area contributed by atoms with Crippen LogP contribution in [0.25, 0.3) is 11.5 Å². The largest absolute Gasteiger partial charge is 0.419 e. The van der Waals surface area contributed by atoms with E-state index in [1.54, 1.807) is 24.3 Å². The molecule has 4 rings (SSSR count). The molecule has 1 aromatic heterocycles. The maximum absolute atomic E-state index is 14.2. The summed E-state index contributed by atoms with van der Waals surface area (Å²) in [6, 6.07) is 10.9. The molecule has 7 nitrogen and oxygen atoms in total. The molecule has 1 amide bonds. The molecule has 9 heteroatoms. The van der Waals surface area contributed by atoms with Gasteiger partial charge in [-0.2, -0.15) is 0 Å². The van der Waals surface area contributed by atoms with Gasteiger partial charge in [-0.25, -0.2) is 9.37 Å². The molecule has 166 valence electrons. The molecule has 0 radical (unpaired) electrons. The van der Waals surface area contributed by atoms with Crippen LogP contribution in [-0.2, 0) is 0 Å². The van der Waals surface area contributed by atoms with Crippen molar-refractivity contribution in [3.05, 3.63) is 64.6 Å². The van der Waals surface area contributed by atoms with Gasteiger partial charge in [-0.15, -0.1) is 0 Å². The molecule has 3 aromatic rings. The maximum Gasteiger partial charge on any atom is 0.273 e. The standard InChI is InChI=1S/C23H22ClFN4O3/c24-16-4-1-5-17(25)19(16)22-29-20(21(26)31)23(32-22)28-15-8-6-14(7-9-15)18(30)11-13-3-2-10-27-12-13/h1,4-9,13,27-28H,2-3,10-12H2,(H2,26,31)/t13-/m0/s1. The van der Waals surface area contributed by atoms with Crippen molar-refractivity contribution in [3.63, 3.8) is 0 Å². The number of amides is 1. The van der Waals surface area contributed by atoms with E-state index in [0.717, 1.165) is 25.9 Å². The lowest BCUT2D eigenvalue weighted by atomic mass is 9.92. The fourth-order valence-corrected chi connectivity index (χ4v) is 3.97. The second-order valence-corrected chi connectivity index (χ2v) is 8.11. The van der Waals surface area contributed by atoms with Crippen LogP contribution < -0.4 is 16.4 Å². The lowest BCUT2D eigenvalue weighted by Gasteiger charge is -2.21. The number of anilines is 2. The van der Waals surface area contributed by atoms with E-state index in [-0.39, 0.29) is 33.8 Å². The number of halogens is 2. The summed E-state index contributed by atoms with van der Waals surface area (Å²) in [6.07, 6.45) is 2.63. The lowest BCUT2D eigenvalue weighted by molar-refractivity contribution is 0.0952. The molecule has 0 unspecified atom stereocenters. The van der Waals surface area contributed by atoms with Crippen LogP contribution >= 0.6 is 11.6 Å². The molecule has 2 heterocycles. The van der Waals surface area contributed by atoms with Gasteiger partial charge in [-0.05, 0) is 68.2 Å². The van der Waals surface area contributed by atoms with E-state index in [4.69, 9.17) is 21.8 Å². The number of ketones is 1. The number of Topliss-reactive ketones (excluding diaryl/α,β-unsaturated/α-hetero) is 1.